The largest absolute Gasteiger partial charge is 0.380 e. The third-order valence-electron chi connectivity index (χ3n) is 4.88. The van der Waals surface area contributed by atoms with Gasteiger partial charge < -0.3 is 20.3 Å². The molecule has 0 radical (unpaired) electrons. The van der Waals surface area contributed by atoms with Gasteiger partial charge in [0.15, 0.2) is 5.96 Å². The highest BCUT2D eigenvalue weighted by atomic mass is 127. The Balaban J connectivity index is 0.00000320. The van der Waals surface area contributed by atoms with Gasteiger partial charge in [0.05, 0.1) is 13.2 Å². The summed E-state index contributed by atoms with van der Waals surface area (Å²) < 4.78 is 5.15. The lowest BCUT2D eigenvalue weighted by molar-refractivity contribution is -0.117. The molecule has 1 aliphatic rings. The number of rotatable bonds is 8. The number of anilines is 1. The van der Waals surface area contributed by atoms with E-state index in [9.17, 15) is 4.79 Å². The summed E-state index contributed by atoms with van der Waals surface area (Å²) in [7, 11) is 1.70. The third kappa shape index (κ3) is 6.98. The number of halogens is 1. The number of carbonyl (C=O) groups excluding carboxylic acids is 1. The van der Waals surface area contributed by atoms with E-state index in [0.717, 1.165) is 42.3 Å². The van der Waals surface area contributed by atoms with Crippen molar-refractivity contribution in [2.75, 3.05) is 25.1 Å². The molecular weight excluding hydrogens is 491 g/mol. The Kier molecular flexibility index (Phi) is 10.1. The van der Waals surface area contributed by atoms with E-state index >= 15 is 0 Å². The molecule has 3 rings (SSSR count). The molecule has 0 aromatic heterocycles. The highest BCUT2D eigenvalue weighted by Crippen LogP contribution is 2.21. The van der Waals surface area contributed by atoms with E-state index < -0.39 is 0 Å². The minimum absolute atomic E-state index is 0. The molecule has 1 heterocycles. The molecule has 0 unspecified atom stereocenters. The number of methoxy groups -OCH3 is 1. The van der Waals surface area contributed by atoms with E-state index in [0.29, 0.717) is 26.1 Å². The molecule has 0 spiro atoms. The Morgan fingerprint density at radius 2 is 1.70 bits per heavy atom. The van der Waals surface area contributed by atoms with Crippen molar-refractivity contribution in [1.82, 2.24) is 10.6 Å². The Bertz CT molecular complexity index is 822. The summed E-state index contributed by atoms with van der Waals surface area (Å²) in [6.45, 7) is 5.58. The summed E-state index contributed by atoms with van der Waals surface area (Å²) in [6, 6.07) is 16.5. The van der Waals surface area contributed by atoms with Crippen LogP contribution in [-0.4, -0.2) is 32.1 Å². The van der Waals surface area contributed by atoms with Crippen LogP contribution in [0.15, 0.2) is 53.5 Å². The SMILES string of the molecule is CCNC(=NCc1ccc(N2CCCC2=O)cc1)NCc1ccc(COC)cc1.I. The normalized spacial score (nSPS) is 13.9. The summed E-state index contributed by atoms with van der Waals surface area (Å²) in [6.07, 6.45) is 1.59. The van der Waals surface area contributed by atoms with Crippen LogP contribution >= 0.6 is 24.0 Å². The predicted molar refractivity (Wildman–Crippen MR) is 132 cm³/mol. The minimum atomic E-state index is 0. The summed E-state index contributed by atoms with van der Waals surface area (Å²) >= 11 is 0. The van der Waals surface area contributed by atoms with Gasteiger partial charge in [0.2, 0.25) is 5.91 Å². The van der Waals surface area contributed by atoms with E-state index in [1.54, 1.807) is 7.11 Å². The van der Waals surface area contributed by atoms with Crippen LogP contribution < -0.4 is 15.5 Å². The second-order valence-corrected chi connectivity index (χ2v) is 7.11. The second-order valence-electron chi connectivity index (χ2n) is 7.11. The number of carbonyl (C=O) groups is 1. The first kappa shape index (κ1) is 24.1. The molecule has 162 valence electrons. The molecule has 2 N–H and O–H groups in total. The molecule has 6 nitrogen and oxygen atoms in total. The van der Waals surface area contributed by atoms with Gasteiger partial charge in [-0.1, -0.05) is 36.4 Å². The first-order chi connectivity index (χ1) is 14.2. The number of hydrogen-bond acceptors (Lipinski definition) is 3. The number of ether oxygens (including phenoxy) is 1. The van der Waals surface area contributed by atoms with Crippen molar-refractivity contribution in [3.8, 4) is 0 Å². The zero-order valence-corrected chi connectivity index (χ0v) is 20.0. The molecule has 1 fully saturated rings. The molecule has 30 heavy (non-hydrogen) atoms. The van der Waals surface area contributed by atoms with Crippen molar-refractivity contribution < 1.29 is 9.53 Å². The summed E-state index contributed by atoms with van der Waals surface area (Å²) in [5.74, 6) is 0.997. The van der Waals surface area contributed by atoms with Gasteiger partial charge in [0.25, 0.3) is 0 Å². The summed E-state index contributed by atoms with van der Waals surface area (Å²) in [5, 5.41) is 6.66. The topological polar surface area (TPSA) is 66.0 Å². The molecule has 2 aromatic carbocycles. The summed E-state index contributed by atoms with van der Waals surface area (Å²) in [5.41, 5.74) is 4.44. The van der Waals surface area contributed by atoms with Crippen LogP contribution in [0.4, 0.5) is 5.69 Å². The van der Waals surface area contributed by atoms with Gasteiger partial charge in [0.1, 0.15) is 0 Å². The second kappa shape index (κ2) is 12.5. The molecule has 0 bridgehead atoms. The maximum absolute atomic E-state index is 11.9. The average molecular weight is 522 g/mol. The molecule has 0 atom stereocenters. The fraction of sp³-hybridized carbons (Fsp3) is 0.391. The first-order valence-electron chi connectivity index (χ1n) is 10.2. The smallest absolute Gasteiger partial charge is 0.227 e. The van der Waals surface area contributed by atoms with Crippen molar-refractivity contribution in [1.29, 1.82) is 0 Å². The minimum Gasteiger partial charge on any atom is -0.380 e. The number of hydrogen-bond donors (Lipinski definition) is 2. The summed E-state index contributed by atoms with van der Waals surface area (Å²) in [4.78, 5) is 18.4. The van der Waals surface area contributed by atoms with Crippen molar-refractivity contribution in [2.24, 2.45) is 4.99 Å². The molecule has 0 saturated carbocycles. The van der Waals surface area contributed by atoms with E-state index in [-0.39, 0.29) is 29.9 Å². The highest BCUT2D eigenvalue weighted by molar-refractivity contribution is 14.0. The standard InChI is InChI=1S/C23H30N4O2.HI/c1-3-24-23(25-15-18-6-8-20(9-7-18)17-29-2)26-16-19-10-12-21(13-11-19)27-14-4-5-22(27)28;/h6-13H,3-5,14-17H2,1-2H3,(H2,24,25,26);1H. The van der Waals surface area contributed by atoms with Crippen LogP contribution in [-0.2, 0) is 29.2 Å². The van der Waals surface area contributed by atoms with Crippen LogP contribution in [0.1, 0.15) is 36.5 Å². The van der Waals surface area contributed by atoms with Crippen LogP contribution in [0.3, 0.4) is 0 Å². The van der Waals surface area contributed by atoms with Gasteiger partial charge in [-0.2, -0.15) is 0 Å². The number of amides is 1. The number of aliphatic imine (C=N–C) groups is 1. The van der Waals surface area contributed by atoms with Crippen LogP contribution in [0, 0.1) is 0 Å². The molecule has 1 saturated heterocycles. The van der Waals surface area contributed by atoms with Crippen molar-refractivity contribution >= 4 is 41.5 Å². The Labute approximate surface area is 196 Å². The van der Waals surface area contributed by atoms with E-state index in [1.165, 1.54) is 5.56 Å². The van der Waals surface area contributed by atoms with Crippen molar-refractivity contribution in [3.05, 3.63) is 65.2 Å². The quantitative estimate of drug-likeness (QED) is 0.314. The molecule has 1 aliphatic heterocycles. The lowest BCUT2D eigenvalue weighted by Crippen LogP contribution is -2.36. The van der Waals surface area contributed by atoms with Gasteiger partial charge in [-0.05, 0) is 42.2 Å². The van der Waals surface area contributed by atoms with Gasteiger partial charge in [-0.25, -0.2) is 4.99 Å². The lowest BCUT2D eigenvalue weighted by Gasteiger charge is -2.16. The Morgan fingerprint density at radius 3 is 2.30 bits per heavy atom. The van der Waals surface area contributed by atoms with Gasteiger partial charge in [-0.3, -0.25) is 4.79 Å². The van der Waals surface area contributed by atoms with Gasteiger partial charge in [-0.15, -0.1) is 24.0 Å². The fourth-order valence-electron chi connectivity index (χ4n) is 3.32. The number of benzene rings is 2. The van der Waals surface area contributed by atoms with Gasteiger partial charge in [0, 0.05) is 38.9 Å². The number of nitrogens with one attached hydrogen (secondary N) is 2. The lowest BCUT2D eigenvalue weighted by atomic mass is 10.1. The Hall–Kier alpha value is -2.13. The van der Waals surface area contributed by atoms with E-state index in [1.807, 2.05) is 29.2 Å². The van der Waals surface area contributed by atoms with E-state index in [4.69, 9.17) is 4.74 Å². The van der Waals surface area contributed by atoms with Crippen molar-refractivity contribution in [3.63, 3.8) is 0 Å². The highest BCUT2D eigenvalue weighted by Gasteiger charge is 2.21. The monoisotopic (exact) mass is 522 g/mol. The fourth-order valence-corrected chi connectivity index (χ4v) is 3.32. The number of guanidine groups is 1. The molecule has 2 aromatic rings. The van der Waals surface area contributed by atoms with Gasteiger partial charge >= 0.3 is 0 Å². The Morgan fingerprint density at radius 1 is 1.03 bits per heavy atom. The number of nitrogens with zero attached hydrogens (tertiary/aromatic N) is 2. The molecular formula is C23H31IN4O2. The maximum Gasteiger partial charge on any atom is 0.227 e. The van der Waals surface area contributed by atoms with Crippen LogP contribution in [0.25, 0.3) is 0 Å². The zero-order valence-electron chi connectivity index (χ0n) is 17.7. The molecule has 0 aliphatic carbocycles. The predicted octanol–water partition coefficient (Wildman–Crippen LogP) is 3.83. The third-order valence-corrected chi connectivity index (χ3v) is 4.88. The zero-order chi connectivity index (χ0) is 20.5. The van der Waals surface area contributed by atoms with E-state index in [2.05, 4.69) is 46.8 Å². The average Bonchev–Trinajstić information content (AvgIpc) is 3.17. The molecule has 1 amide bonds. The van der Waals surface area contributed by atoms with Crippen LogP contribution in [0.5, 0.6) is 0 Å². The maximum atomic E-state index is 11.9. The first-order valence-corrected chi connectivity index (χ1v) is 10.2. The van der Waals surface area contributed by atoms with Crippen molar-refractivity contribution in [2.45, 2.75) is 39.5 Å². The molecule has 7 heteroatoms. The van der Waals surface area contributed by atoms with Crippen LogP contribution in [0.2, 0.25) is 0 Å².